The molecule has 16 heteroatoms. The highest BCUT2D eigenvalue weighted by molar-refractivity contribution is 7.18. The summed E-state index contributed by atoms with van der Waals surface area (Å²) in [5, 5.41) is 14.8. The van der Waals surface area contributed by atoms with Gasteiger partial charge in [-0.05, 0) is 12.0 Å². The van der Waals surface area contributed by atoms with Crippen LogP contribution in [-0.4, -0.2) is 81.8 Å². The van der Waals surface area contributed by atoms with Gasteiger partial charge in [0.15, 0.2) is 17.3 Å². The van der Waals surface area contributed by atoms with E-state index < -0.39 is 35.2 Å². The molecular weight excluding hydrogens is 643 g/mol. The molecule has 4 unspecified atom stereocenters. The molecule has 5 N–H and O–H groups in total. The van der Waals surface area contributed by atoms with Gasteiger partial charge in [-0.15, -0.1) is 0 Å². The number of aromatic nitrogens is 1. The maximum absolute atomic E-state index is 13.7. The highest BCUT2D eigenvalue weighted by Gasteiger charge is 2.48. The van der Waals surface area contributed by atoms with E-state index in [0.717, 1.165) is 11.8 Å². The number of hydrogen-bond acceptors (Lipinski definition) is 9. The van der Waals surface area contributed by atoms with Gasteiger partial charge in [0, 0.05) is 43.6 Å². The number of amides is 2. The molecule has 0 saturated carbocycles. The first kappa shape index (κ1) is 39.9. The van der Waals surface area contributed by atoms with Crippen LogP contribution in [-0.2, 0) is 14.3 Å². The Balaban J connectivity index is 0.000000298. The number of nitrogens with one attached hydrogen (secondary N) is 5. The lowest BCUT2D eigenvalue weighted by Crippen LogP contribution is -2.32. The van der Waals surface area contributed by atoms with Crippen LogP contribution in [0.1, 0.15) is 63.0 Å². The molecule has 47 heavy (non-hydrogen) atoms. The van der Waals surface area contributed by atoms with Crippen molar-refractivity contribution < 1.29 is 41.4 Å². The Morgan fingerprint density at radius 1 is 1.02 bits per heavy atom. The third-order valence-electron chi connectivity index (χ3n) is 7.16. The van der Waals surface area contributed by atoms with Crippen LogP contribution in [0.5, 0.6) is 5.75 Å². The molecule has 1 aromatic heterocycles. The Bertz CT molecular complexity index is 1320. The zero-order valence-electron chi connectivity index (χ0n) is 27.7. The molecule has 2 bridgehead atoms. The molecule has 0 aliphatic carbocycles. The van der Waals surface area contributed by atoms with Crippen LogP contribution in [0.4, 0.5) is 34.8 Å². The Morgan fingerprint density at radius 3 is 2.38 bits per heavy atom. The summed E-state index contributed by atoms with van der Waals surface area (Å²) in [7, 11) is 2.67. The average Bonchev–Trinajstić information content (AvgIpc) is 3.69. The fourth-order valence-electron chi connectivity index (χ4n) is 5.02. The molecule has 3 aliphatic heterocycles. The van der Waals surface area contributed by atoms with Crippen molar-refractivity contribution >= 4 is 38.2 Å². The monoisotopic (exact) mass is 690 g/mol. The number of nitrogens with zero attached hydrogens (tertiary/aromatic N) is 1. The van der Waals surface area contributed by atoms with E-state index in [4.69, 9.17) is 14.2 Å². The van der Waals surface area contributed by atoms with Crippen molar-refractivity contribution in [3.05, 3.63) is 41.1 Å². The van der Waals surface area contributed by atoms with Crippen molar-refractivity contribution in [2.75, 3.05) is 69.2 Å². The van der Waals surface area contributed by atoms with Gasteiger partial charge in [0.05, 0.1) is 45.0 Å². The van der Waals surface area contributed by atoms with Gasteiger partial charge in [0.1, 0.15) is 11.9 Å². The predicted molar refractivity (Wildman–Crippen MR) is 178 cm³/mol. The predicted octanol–water partition coefficient (Wildman–Crippen LogP) is 5.17. The zero-order valence-corrected chi connectivity index (χ0v) is 28.9. The second-order valence-corrected chi connectivity index (χ2v) is 10.9. The molecule has 0 spiro atoms. The fourth-order valence-corrected chi connectivity index (χ4v) is 5.42. The van der Waals surface area contributed by atoms with Crippen LogP contribution in [0.15, 0.2) is 18.2 Å². The van der Waals surface area contributed by atoms with E-state index in [2.05, 4.69) is 31.6 Å². The Kier molecular flexibility index (Phi) is 16.6. The van der Waals surface area contributed by atoms with E-state index in [0.29, 0.717) is 63.0 Å². The molecule has 4 atom stereocenters. The van der Waals surface area contributed by atoms with Gasteiger partial charge >= 0.3 is 0 Å². The Labute approximate surface area is 275 Å². The van der Waals surface area contributed by atoms with Crippen molar-refractivity contribution in [2.45, 2.75) is 58.7 Å². The highest BCUT2D eigenvalue weighted by atomic mass is 31.0. The number of rotatable bonds is 3. The fraction of sp³-hybridized carbons (Fsp3) is 0.581. The van der Waals surface area contributed by atoms with E-state index in [-0.39, 0.29) is 29.9 Å². The minimum absolute atomic E-state index is 0.0112. The number of halogens is 4. The normalized spacial score (nSPS) is 21.1. The lowest BCUT2D eigenvalue weighted by atomic mass is 9.86. The molecule has 4 heterocycles. The van der Waals surface area contributed by atoms with E-state index in [1.165, 1.54) is 22.4 Å². The van der Waals surface area contributed by atoms with Crippen LogP contribution in [0, 0.1) is 17.6 Å². The number of hydrogen-bond donors (Lipinski definition) is 5. The Morgan fingerprint density at radius 2 is 1.72 bits per heavy atom. The molecule has 11 nitrogen and oxygen atoms in total. The SMILES string of the molecule is CC.CC.COc1c(C2COC(C(F)(F)P)C2C)ccc(F)c1F.O=C1CCNCCOCCNC(=O)c2nc(cc3c2NCN3)N1. The number of fused-ring (bicyclic) bond motifs is 4. The molecule has 1 aromatic carbocycles. The first-order chi connectivity index (χ1) is 22.5. The van der Waals surface area contributed by atoms with Crippen molar-refractivity contribution in [3.63, 3.8) is 0 Å². The van der Waals surface area contributed by atoms with Gasteiger partial charge in [-0.1, -0.05) is 49.9 Å². The first-order valence-corrected chi connectivity index (χ1v) is 16.3. The van der Waals surface area contributed by atoms with Crippen molar-refractivity contribution in [3.8, 4) is 5.75 Å². The summed E-state index contributed by atoms with van der Waals surface area (Å²) in [4.78, 5) is 28.6. The topological polar surface area (TPSA) is 135 Å². The summed E-state index contributed by atoms with van der Waals surface area (Å²) < 4.78 is 69.0. The lowest BCUT2D eigenvalue weighted by Gasteiger charge is -2.24. The largest absolute Gasteiger partial charge is 0.493 e. The third kappa shape index (κ3) is 10.9. The molecule has 264 valence electrons. The number of alkyl halides is 2. The number of methoxy groups -OCH3 is 1. The van der Waals surface area contributed by atoms with Gasteiger partial charge in [0.2, 0.25) is 11.7 Å². The number of pyridine rings is 1. The molecule has 1 saturated heterocycles. The number of ether oxygens (including phenoxy) is 3. The number of carbonyl (C=O) groups is 2. The van der Waals surface area contributed by atoms with Crippen LogP contribution in [0.3, 0.4) is 0 Å². The van der Waals surface area contributed by atoms with E-state index in [1.54, 1.807) is 13.0 Å². The smallest absolute Gasteiger partial charge is 0.284 e. The van der Waals surface area contributed by atoms with E-state index in [9.17, 15) is 27.2 Å². The van der Waals surface area contributed by atoms with Crippen LogP contribution in [0.25, 0.3) is 0 Å². The molecule has 1 fully saturated rings. The zero-order chi connectivity index (χ0) is 35.1. The lowest BCUT2D eigenvalue weighted by molar-refractivity contribution is -0.116. The van der Waals surface area contributed by atoms with Crippen LogP contribution >= 0.6 is 9.24 Å². The quantitative estimate of drug-likeness (QED) is 0.219. The van der Waals surface area contributed by atoms with Gasteiger partial charge in [-0.3, -0.25) is 9.59 Å². The van der Waals surface area contributed by atoms with Crippen LogP contribution in [0.2, 0.25) is 0 Å². The number of anilines is 3. The second kappa shape index (κ2) is 19.5. The average molecular weight is 691 g/mol. The van der Waals surface area contributed by atoms with Crippen LogP contribution < -0.4 is 31.3 Å². The highest BCUT2D eigenvalue weighted by Crippen LogP contribution is 2.46. The van der Waals surface area contributed by atoms with Gasteiger partial charge in [-0.2, -0.15) is 13.2 Å². The summed E-state index contributed by atoms with van der Waals surface area (Å²) in [5.74, 6) is -3.52. The summed E-state index contributed by atoms with van der Waals surface area (Å²) in [6, 6.07) is 4.04. The first-order valence-electron chi connectivity index (χ1n) is 15.7. The van der Waals surface area contributed by atoms with Crippen molar-refractivity contribution in [2.24, 2.45) is 5.92 Å². The molecule has 0 radical (unpaired) electrons. The minimum Gasteiger partial charge on any atom is -0.493 e. The van der Waals surface area contributed by atoms with E-state index >= 15 is 0 Å². The molecule has 3 aliphatic rings. The van der Waals surface area contributed by atoms with Crippen molar-refractivity contribution in [1.29, 1.82) is 0 Å². The van der Waals surface area contributed by atoms with Crippen molar-refractivity contribution in [1.82, 2.24) is 15.6 Å². The van der Waals surface area contributed by atoms with Gasteiger partial charge in [-0.25, -0.2) is 9.37 Å². The molecule has 5 rings (SSSR count). The third-order valence-corrected chi connectivity index (χ3v) is 7.49. The molecule has 2 amide bonds. The standard InChI is InChI=1S/C14H20N6O3.C13H15F4O2P.2C2H6/c21-11-1-2-15-3-5-23-6-4-16-14(22)13-12-9(17-8-18-12)7-10(19-11)20-13;1-6-8(5-19-12(6)13(16,17)20)7-3-4-9(14)10(15)11(7)18-2;2*1-2/h7,15,17-18H,1-6,8H2,(H,16,22)(H,19,20,21);3-4,6,8,12H,5,20H2,1-2H3;2*1-2H3. The maximum Gasteiger partial charge on any atom is 0.284 e. The minimum atomic E-state index is -3.07. The van der Waals surface area contributed by atoms with Gasteiger partial charge in [0.25, 0.3) is 11.6 Å². The van der Waals surface area contributed by atoms with E-state index in [1.807, 2.05) is 27.7 Å². The number of benzene rings is 1. The molecule has 2 aromatic rings. The maximum atomic E-state index is 13.7. The van der Waals surface area contributed by atoms with Gasteiger partial charge < -0.3 is 40.8 Å². The molecular formula is C31H47F4N6O5P. The Hall–Kier alpha value is -3.26. The summed E-state index contributed by atoms with van der Waals surface area (Å²) in [6.45, 7) is 12.7. The summed E-state index contributed by atoms with van der Waals surface area (Å²) in [6.07, 6.45) is -0.957. The summed E-state index contributed by atoms with van der Waals surface area (Å²) in [5.41, 5.74) is -1.07. The summed E-state index contributed by atoms with van der Waals surface area (Å²) >= 11 is 0. The number of carbonyl (C=O) groups excluding carboxylic acids is 2. The second-order valence-electron chi connectivity index (χ2n) is 10.1.